The number of aromatic amines is 1. The number of imidazole rings is 1. The molecule has 0 saturated heterocycles. The van der Waals surface area contributed by atoms with E-state index in [9.17, 15) is 4.39 Å². The van der Waals surface area contributed by atoms with Gasteiger partial charge >= 0.3 is 0 Å². The van der Waals surface area contributed by atoms with Gasteiger partial charge in [-0.2, -0.15) is 12.6 Å². The zero-order chi connectivity index (χ0) is 11.5. The molecule has 16 heavy (non-hydrogen) atoms. The molecule has 1 aromatic carbocycles. The number of nitrogens with zero attached hydrogens (tertiary/aromatic N) is 1. The first-order valence-corrected chi connectivity index (χ1v) is 5.77. The fourth-order valence-corrected chi connectivity index (χ4v) is 1.87. The Bertz CT molecular complexity index is 494. The molecule has 4 heteroatoms. The molecule has 2 aromatic rings. The van der Waals surface area contributed by atoms with Crippen molar-refractivity contribution >= 4 is 12.6 Å². The maximum Gasteiger partial charge on any atom is 0.132 e. The predicted octanol–water partition coefficient (Wildman–Crippen LogP) is 3.00. The first-order chi connectivity index (χ1) is 7.72. The Kier molecular flexibility index (Phi) is 3.29. The van der Waals surface area contributed by atoms with E-state index in [0.717, 1.165) is 23.7 Å². The topological polar surface area (TPSA) is 28.7 Å². The van der Waals surface area contributed by atoms with Gasteiger partial charge in [0.1, 0.15) is 11.6 Å². The van der Waals surface area contributed by atoms with Gasteiger partial charge < -0.3 is 4.98 Å². The number of aryl methyl sites for hydroxylation is 2. The Labute approximate surface area is 99.3 Å². The molecule has 0 radical (unpaired) electrons. The quantitative estimate of drug-likeness (QED) is 0.788. The Morgan fingerprint density at radius 1 is 1.38 bits per heavy atom. The Morgan fingerprint density at radius 3 is 2.81 bits per heavy atom. The summed E-state index contributed by atoms with van der Waals surface area (Å²) in [7, 11) is 0. The van der Waals surface area contributed by atoms with Gasteiger partial charge in [-0.25, -0.2) is 9.37 Å². The second-order valence-electron chi connectivity index (χ2n) is 3.61. The molecule has 1 aromatic heterocycles. The summed E-state index contributed by atoms with van der Waals surface area (Å²) in [6.07, 6.45) is 0.762. The maximum atomic E-state index is 13.6. The van der Waals surface area contributed by atoms with Crippen LogP contribution in [0.15, 0.2) is 24.3 Å². The summed E-state index contributed by atoms with van der Waals surface area (Å²) in [6, 6.07) is 6.67. The molecule has 0 bridgehead atoms. The molecule has 1 N–H and O–H groups in total. The van der Waals surface area contributed by atoms with E-state index in [0.29, 0.717) is 11.3 Å². The average molecular weight is 236 g/mol. The number of nitrogens with one attached hydrogen (secondary N) is 1. The number of hydrogen-bond acceptors (Lipinski definition) is 2. The van der Waals surface area contributed by atoms with Crippen LogP contribution < -0.4 is 0 Å². The first-order valence-electron chi connectivity index (χ1n) is 5.13. The van der Waals surface area contributed by atoms with Crippen molar-refractivity contribution in [1.29, 1.82) is 0 Å². The van der Waals surface area contributed by atoms with Crippen LogP contribution in [0.4, 0.5) is 4.39 Å². The van der Waals surface area contributed by atoms with Crippen LogP contribution in [0, 0.1) is 12.7 Å². The number of H-pyrrole nitrogens is 1. The van der Waals surface area contributed by atoms with Gasteiger partial charge in [-0.3, -0.25) is 0 Å². The first kappa shape index (κ1) is 11.2. The third-order valence-corrected chi connectivity index (χ3v) is 2.63. The van der Waals surface area contributed by atoms with Crippen molar-refractivity contribution in [3.8, 4) is 11.3 Å². The fourth-order valence-electron chi connectivity index (χ4n) is 1.66. The van der Waals surface area contributed by atoms with E-state index in [4.69, 9.17) is 0 Å². The van der Waals surface area contributed by atoms with Gasteiger partial charge in [0.15, 0.2) is 0 Å². The predicted molar refractivity (Wildman–Crippen MR) is 66.3 cm³/mol. The normalized spacial score (nSPS) is 10.7. The standard InChI is InChI=1S/C12H13FN2S/c1-8-12(15-11(14-8)6-7-16)9-4-2-3-5-10(9)13/h2-5,16H,6-7H2,1H3,(H,14,15). The molecule has 0 aliphatic rings. The zero-order valence-corrected chi connectivity index (χ0v) is 9.89. The summed E-state index contributed by atoms with van der Waals surface area (Å²) < 4.78 is 13.6. The molecule has 2 rings (SSSR count). The zero-order valence-electron chi connectivity index (χ0n) is 9.00. The molecule has 84 valence electrons. The van der Waals surface area contributed by atoms with Crippen molar-refractivity contribution in [2.45, 2.75) is 13.3 Å². The van der Waals surface area contributed by atoms with Crippen LogP contribution in [-0.2, 0) is 6.42 Å². The SMILES string of the molecule is Cc1[nH]c(CCS)nc1-c1ccccc1F. The highest BCUT2D eigenvalue weighted by Crippen LogP contribution is 2.23. The highest BCUT2D eigenvalue weighted by Gasteiger charge is 2.11. The lowest BCUT2D eigenvalue weighted by atomic mass is 10.1. The van der Waals surface area contributed by atoms with Crippen LogP contribution >= 0.6 is 12.6 Å². The van der Waals surface area contributed by atoms with Crippen LogP contribution in [0.5, 0.6) is 0 Å². The highest BCUT2D eigenvalue weighted by molar-refractivity contribution is 7.80. The lowest BCUT2D eigenvalue weighted by Crippen LogP contribution is -1.89. The third kappa shape index (κ3) is 2.11. The van der Waals surface area contributed by atoms with E-state index in [1.54, 1.807) is 12.1 Å². The number of rotatable bonds is 3. The Balaban J connectivity index is 2.44. The van der Waals surface area contributed by atoms with E-state index in [1.165, 1.54) is 6.07 Å². The highest BCUT2D eigenvalue weighted by atomic mass is 32.1. The maximum absolute atomic E-state index is 13.6. The minimum absolute atomic E-state index is 0.241. The number of aromatic nitrogens is 2. The molecule has 0 fully saturated rings. The van der Waals surface area contributed by atoms with E-state index in [-0.39, 0.29) is 5.82 Å². The fraction of sp³-hybridized carbons (Fsp3) is 0.250. The third-order valence-electron chi connectivity index (χ3n) is 2.41. The summed E-state index contributed by atoms with van der Waals surface area (Å²) in [5, 5.41) is 0. The van der Waals surface area contributed by atoms with E-state index < -0.39 is 0 Å². The van der Waals surface area contributed by atoms with Crippen LogP contribution in [0.2, 0.25) is 0 Å². The summed E-state index contributed by atoms with van der Waals surface area (Å²) >= 11 is 4.15. The molecule has 1 heterocycles. The molecule has 0 atom stereocenters. The van der Waals surface area contributed by atoms with Crippen LogP contribution in [0.1, 0.15) is 11.5 Å². The molecule has 0 unspecified atom stereocenters. The summed E-state index contributed by atoms with van der Waals surface area (Å²) in [4.78, 5) is 7.53. The van der Waals surface area contributed by atoms with Gasteiger partial charge in [0, 0.05) is 17.7 Å². The van der Waals surface area contributed by atoms with Crippen LogP contribution in [0.3, 0.4) is 0 Å². The van der Waals surface area contributed by atoms with Crippen molar-refractivity contribution in [3.05, 3.63) is 41.6 Å². The van der Waals surface area contributed by atoms with Gasteiger partial charge in [0.2, 0.25) is 0 Å². The van der Waals surface area contributed by atoms with Gasteiger partial charge in [-0.05, 0) is 24.8 Å². The molecule has 2 nitrogen and oxygen atoms in total. The monoisotopic (exact) mass is 236 g/mol. The number of halogens is 1. The lowest BCUT2D eigenvalue weighted by molar-refractivity contribution is 0.630. The van der Waals surface area contributed by atoms with Gasteiger partial charge in [-0.15, -0.1) is 0 Å². The number of hydrogen-bond donors (Lipinski definition) is 2. The molecule has 0 saturated carbocycles. The van der Waals surface area contributed by atoms with Crippen molar-refractivity contribution in [2.24, 2.45) is 0 Å². The van der Waals surface area contributed by atoms with Crippen molar-refractivity contribution < 1.29 is 4.39 Å². The molecular weight excluding hydrogens is 223 g/mol. The van der Waals surface area contributed by atoms with Crippen molar-refractivity contribution in [3.63, 3.8) is 0 Å². The van der Waals surface area contributed by atoms with Crippen LogP contribution in [-0.4, -0.2) is 15.7 Å². The van der Waals surface area contributed by atoms with E-state index in [1.807, 2.05) is 13.0 Å². The molecule has 0 amide bonds. The van der Waals surface area contributed by atoms with Gasteiger partial charge in [0.05, 0.1) is 5.69 Å². The van der Waals surface area contributed by atoms with Crippen molar-refractivity contribution in [2.75, 3.05) is 5.75 Å². The average Bonchev–Trinajstić information content (AvgIpc) is 2.61. The molecule has 0 aliphatic heterocycles. The second kappa shape index (κ2) is 4.70. The molecule has 0 spiro atoms. The smallest absolute Gasteiger partial charge is 0.132 e. The number of thiol groups is 1. The Hall–Kier alpha value is -1.29. The number of benzene rings is 1. The van der Waals surface area contributed by atoms with Gasteiger partial charge in [-0.1, -0.05) is 12.1 Å². The Morgan fingerprint density at radius 2 is 2.12 bits per heavy atom. The largest absolute Gasteiger partial charge is 0.346 e. The minimum Gasteiger partial charge on any atom is -0.346 e. The van der Waals surface area contributed by atoms with E-state index >= 15 is 0 Å². The molecule has 0 aliphatic carbocycles. The lowest BCUT2D eigenvalue weighted by Gasteiger charge is -1.99. The van der Waals surface area contributed by atoms with Gasteiger partial charge in [0.25, 0.3) is 0 Å². The van der Waals surface area contributed by atoms with Crippen molar-refractivity contribution in [1.82, 2.24) is 9.97 Å². The van der Waals surface area contributed by atoms with E-state index in [2.05, 4.69) is 22.6 Å². The molecular formula is C12H13FN2S. The van der Waals surface area contributed by atoms with Crippen LogP contribution in [0.25, 0.3) is 11.3 Å². The minimum atomic E-state index is -0.241. The second-order valence-corrected chi connectivity index (χ2v) is 4.06. The summed E-state index contributed by atoms with van der Waals surface area (Å²) in [5.41, 5.74) is 2.12. The summed E-state index contributed by atoms with van der Waals surface area (Å²) in [6.45, 7) is 1.90. The summed E-state index contributed by atoms with van der Waals surface area (Å²) in [5.74, 6) is 1.34.